The lowest BCUT2D eigenvalue weighted by Crippen LogP contribution is -2.60. The first-order valence-corrected chi connectivity index (χ1v) is 11.0. The fourth-order valence-electron chi connectivity index (χ4n) is 3.99. The third kappa shape index (κ3) is 6.03. The van der Waals surface area contributed by atoms with Crippen molar-refractivity contribution in [3.63, 3.8) is 0 Å². The predicted molar refractivity (Wildman–Crippen MR) is 117 cm³/mol. The maximum Gasteiger partial charge on any atom is 0.335 e. The van der Waals surface area contributed by atoms with E-state index in [1.165, 1.54) is 0 Å². The van der Waals surface area contributed by atoms with Crippen LogP contribution >= 0.6 is 0 Å². The molecule has 1 unspecified atom stereocenters. The average Bonchev–Trinajstić information content (AvgIpc) is 2.80. The fraction of sp³-hybridized carbons (Fsp3) is 0.565. The van der Waals surface area contributed by atoms with Crippen LogP contribution in [-0.4, -0.2) is 90.6 Å². The Morgan fingerprint density at radius 2 is 1.80 bits per heavy atom. The molecule has 1 aliphatic carbocycles. The predicted octanol–water partition coefficient (Wildman–Crippen LogP) is 0.0230. The second-order valence-electron chi connectivity index (χ2n) is 9.23. The van der Waals surface area contributed by atoms with Crippen LogP contribution in [0.4, 0.5) is 0 Å². The fourth-order valence-corrected chi connectivity index (χ4v) is 3.99. The van der Waals surface area contributed by atoms with Crippen molar-refractivity contribution in [1.29, 1.82) is 0 Å². The van der Waals surface area contributed by atoms with E-state index >= 15 is 0 Å². The Labute approximate surface area is 200 Å². The number of carbonyl (C=O) groups is 2. The number of carbonyl (C=O) groups excluding carboxylic acids is 1. The summed E-state index contributed by atoms with van der Waals surface area (Å²) in [6, 6.07) is 1.66. The van der Waals surface area contributed by atoms with Crippen LogP contribution in [0.3, 0.4) is 0 Å². The Bertz CT molecular complexity index is 981. The second kappa shape index (κ2) is 10.4. The Hall–Kier alpha value is -2.90. The summed E-state index contributed by atoms with van der Waals surface area (Å²) in [4.78, 5) is 23.7. The van der Waals surface area contributed by atoms with Crippen LogP contribution in [0.5, 0.6) is 17.2 Å². The number of phenolic OH excluding ortho intramolecular Hbond substituents is 2. The van der Waals surface area contributed by atoms with Crippen molar-refractivity contribution in [2.45, 2.75) is 69.4 Å². The van der Waals surface area contributed by atoms with Crippen LogP contribution in [0, 0.1) is 5.92 Å². The van der Waals surface area contributed by atoms with Gasteiger partial charge >= 0.3 is 11.9 Å². The molecule has 0 spiro atoms. The van der Waals surface area contributed by atoms with Gasteiger partial charge < -0.3 is 50.0 Å². The number of carboxylic acids is 1. The molecule has 0 saturated carbocycles. The number of aromatic hydroxyl groups is 2. The van der Waals surface area contributed by atoms with E-state index in [1.54, 1.807) is 19.9 Å². The third-order valence-electron chi connectivity index (χ3n) is 6.26. The normalized spacial score (nSPS) is 29.3. The zero-order valence-electron chi connectivity index (χ0n) is 19.2. The van der Waals surface area contributed by atoms with Crippen molar-refractivity contribution in [2.24, 2.45) is 5.92 Å². The number of aromatic carboxylic acids is 1. The van der Waals surface area contributed by atoms with E-state index < -0.39 is 77.7 Å². The molecule has 7 N–H and O–H groups in total. The van der Waals surface area contributed by atoms with Gasteiger partial charge in [-0.1, -0.05) is 6.08 Å². The minimum atomic E-state index is -1.83. The molecule has 1 saturated heterocycles. The maximum absolute atomic E-state index is 12.5. The Morgan fingerprint density at radius 3 is 2.37 bits per heavy atom. The van der Waals surface area contributed by atoms with Crippen molar-refractivity contribution < 1.29 is 59.5 Å². The van der Waals surface area contributed by atoms with Gasteiger partial charge in [-0.2, -0.15) is 0 Å². The van der Waals surface area contributed by atoms with Gasteiger partial charge in [-0.15, -0.1) is 0 Å². The van der Waals surface area contributed by atoms with Gasteiger partial charge in [-0.25, -0.2) is 9.59 Å². The minimum absolute atomic E-state index is 0.00688. The van der Waals surface area contributed by atoms with Crippen LogP contribution < -0.4 is 4.74 Å². The summed E-state index contributed by atoms with van der Waals surface area (Å²) in [5, 5.41) is 69.7. The molecule has 1 aromatic rings. The molecule has 3 rings (SSSR count). The molecule has 2 aliphatic rings. The molecule has 35 heavy (non-hydrogen) atoms. The van der Waals surface area contributed by atoms with Gasteiger partial charge in [-0.05, 0) is 51.2 Å². The monoisotopic (exact) mass is 498 g/mol. The molecule has 0 radical (unpaired) electrons. The van der Waals surface area contributed by atoms with Gasteiger partial charge in [0, 0.05) is 5.57 Å². The van der Waals surface area contributed by atoms with Gasteiger partial charge in [0.2, 0.25) is 12.0 Å². The Kier molecular flexibility index (Phi) is 7.92. The molecule has 194 valence electrons. The van der Waals surface area contributed by atoms with Crippen LogP contribution in [0.15, 0.2) is 23.8 Å². The van der Waals surface area contributed by atoms with Crippen LogP contribution in [-0.2, 0) is 14.3 Å². The average molecular weight is 498 g/mol. The van der Waals surface area contributed by atoms with Gasteiger partial charge in [0.1, 0.15) is 31.0 Å². The third-order valence-corrected chi connectivity index (χ3v) is 6.26. The van der Waals surface area contributed by atoms with E-state index in [9.17, 15) is 40.2 Å². The summed E-state index contributed by atoms with van der Waals surface area (Å²) in [6.07, 6.45) is -5.20. The van der Waals surface area contributed by atoms with Crippen LogP contribution in [0.1, 0.15) is 43.5 Å². The number of aliphatic hydroxyl groups excluding tert-OH is 3. The summed E-state index contributed by atoms with van der Waals surface area (Å²) < 4.78 is 15.9. The van der Waals surface area contributed by atoms with Gasteiger partial charge in [-0.3, -0.25) is 0 Å². The van der Waals surface area contributed by atoms with Crippen molar-refractivity contribution >= 4 is 11.9 Å². The van der Waals surface area contributed by atoms with E-state index in [1.807, 2.05) is 0 Å². The van der Waals surface area contributed by atoms with Crippen molar-refractivity contribution in [2.75, 3.05) is 6.61 Å². The first-order valence-electron chi connectivity index (χ1n) is 11.0. The van der Waals surface area contributed by atoms with Crippen molar-refractivity contribution in [3.05, 3.63) is 29.3 Å². The van der Waals surface area contributed by atoms with E-state index in [4.69, 9.17) is 19.3 Å². The largest absolute Gasteiger partial charge is 0.504 e. The number of allylic oxidation sites excluding steroid dienone is 1. The molecule has 0 bridgehead atoms. The lowest BCUT2D eigenvalue weighted by Gasteiger charge is -2.40. The van der Waals surface area contributed by atoms with Crippen LogP contribution in [0.2, 0.25) is 0 Å². The van der Waals surface area contributed by atoms with Gasteiger partial charge in [0.05, 0.1) is 11.2 Å². The smallest absolute Gasteiger partial charge is 0.335 e. The first-order chi connectivity index (χ1) is 16.3. The molecule has 1 fully saturated rings. The summed E-state index contributed by atoms with van der Waals surface area (Å²) in [7, 11) is 0. The van der Waals surface area contributed by atoms with Crippen molar-refractivity contribution in [1.82, 2.24) is 0 Å². The molecular weight excluding hydrogens is 468 g/mol. The lowest BCUT2D eigenvalue weighted by molar-refractivity contribution is -0.278. The zero-order valence-corrected chi connectivity index (χ0v) is 19.2. The molecular formula is C23H30O12. The molecule has 1 aliphatic heterocycles. The highest BCUT2D eigenvalue weighted by atomic mass is 16.7. The first kappa shape index (κ1) is 26.7. The lowest BCUT2D eigenvalue weighted by atomic mass is 9.79. The summed E-state index contributed by atoms with van der Waals surface area (Å²) in [6.45, 7) is 2.89. The van der Waals surface area contributed by atoms with E-state index in [-0.39, 0.29) is 5.92 Å². The number of aliphatic hydroxyl groups is 4. The van der Waals surface area contributed by atoms with E-state index in [0.29, 0.717) is 24.8 Å². The highest BCUT2D eigenvalue weighted by Crippen LogP contribution is 2.38. The zero-order chi connectivity index (χ0) is 26.1. The topological polar surface area (TPSA) is 203 Å². The number of rotatable bonds is 7. The minimum Gasteiger partial charge on any atom is -0.504 e. The van der Waals surface area contributed by atoms with Gasteiger partial charge in [0.25, 0.3) is 0 Å². The quantitative estimate of drug-likeness (QED) is 0.196. The molecule has 1 heterocycles. The number of hydrogen-bond donors (Lipinski definition) is 7. The number of ether oxygens (including phenoxy) is 3. The Balaban J connectivity index is 1.67. The van der Waals surface area contributed by atoms with Crippen LogP contribution in [0.25, 0.3) is 0 Å². The van der Waals surface area contributed by atoms with Crippen molar-refractivity contribution in [3.8, 4) is 17.2 Å². The number of carboxylic acid groups (broad SMARTS) is 1. The van der Waals surface area contributed by atoms with E-state index in [0.717, 1.165) is 12.1 Å². The summed E-state index contributed by atoms with van der Waals surface area (Å²) >= 11 is 0. The molecule has 0 amide bonds. The van der Waals surface area contributed by atoms with Gasteiger partial charge in [0.15, 0.2) is 11.5 Å². The second-order valence-corrected chi connectivity index (χ2v) is 9.23. The maximum atomic E-state index is 12.5. The SMILES string of the molecule is CC(C)(O)C1CC=C(C(=O)OC[C@@H]2O[C@H](Oc3cc(C(=O)O)cc(O)c3O)[C@@H](O)[C@H](O)[C@H]2O)CC1. The molecule has 1 aromatic carbocycles. The molecule has 12 nitrogen and oxygen atoms in total. The molecule has 0 aromatic heterocycles. The molecule has 12 heteroatoms. The van der Waals surface area contributed by atoms with E-state index in [2.05, 4.69) is 0 Å². The number of hydrogen-bond acceptors (Lipinski definition) is 11. The highest BCUT2D eigenvalue weighted by molar-refractivity contribution is 5.89. The Morgan fingerprint density at radius 1 is 1.11 bits per heavy atom. The molecule has 6 atom stereocenters. The summed E-state index contributed by atoms with van der Waals surface area (Å²) in [5.74, 6) is -4.29. The number of phenols is 2. The standard InChI is InChI=1S/C23H30O12/c1-23(2,32)12-5-3-10(4-6-12)21(31)33-9-15-17(26)18(27)19(28)22(35-15)34-14-8-11(20(29)30)7-13(24)16(14)25/h3,7-8,12,15,17-19,22,24-28,32H,4-6,9H2,1-2H3,(H,29,30)/t12?,15-,17-,18+,19-,22-/m0/s1. The number of benzene rings is 1. The highest BCUT2D eigenvalue weighted by Gasteiger charge is 2.46. The number of esters is 1. The summed E-state index contributed by atoms with van der Waals surface area (Å²) in [5.41, 5.74) is -0.915.